The smallest absolute Gasteiger partial charge is 0.0739 e. The van der Waals surface area contributed by atoms with E-state index in [0.717, 1.165) is 55.9 Å². The van der Waals surface area contributed by atoms with Crippen LogP contribution in [0.4, 0.5) is 0 Å². The highest BCUT2D eigenvalue weighted by atomic mass is 35.5. The van der Waals surface area contributed by atoms with E-state index in [1.165, 1.54) is 39.1 Å². The minimum atomic E-state index is 0.809. The molecule has 2 aliphatic rings. The van der Waals surface area contributed by atoms with E-state index in [4.69, 9.17) is 16.6 Å². The van der Waals surface area contributed by atoms with Gasteiger partial charge in [-0.25, -0.2) is 0 Å². The van der Waals surface area contributed by atoms with Crippen LogP contribution in [-0.4, -0.2) is 28.0 Å². The fraction of sp³-hybridized carbons (Fsp3) is 0.259. The molecule has 31 heavy (non-hydrogen) atoms. The third-order valence-electron chi connectivity index (χ3n) is 6.45. The van der Waals surface area contributed by atoms with Crippen molar-refractivity contribution < 1.29 is 0 Å². The van der Waals surface area contributed by atoms with Gasteiger partial charge in [-0.15, -0.1) is 0 Å². The van der Waals surface area contributed by atoms with Gasteiger partial charge in [-0.05, 0) is 78.3 Å². The predicted molar refractivity (Wildman–Crippen MR) is 127 cm³/mol. The van der Waals surface area contributed by atoms with Gasteiger partial charge in [-0.1, -0.05) is 35.9 Å². The summed E-state index contributed by atoms with van der Waals surface area (Å²) in [4.78, 5) is 11.4. The largest absolute Gasteiger partial charge is 0.374 e. The second-order valence-electron chi connectivity index (χ2n) is 8.38. The summed E-state index contributed by atoms with van der Waals surface area (Å²) >= 11 is 6.34. The summed E-state index contributed by atoms with van der Waals surface area (Å²) in [7, 11) is 0. The number of hydrogen-bond acceptors (Lipinski definition) is 3. The lowest BCUT2D eigenvalue weighted by atomic mass is 9.88. The zero-order valence-electron chi connectivity index (χ0n) is 17.6. The molecule has 0 unspecified atom stereocenters. The van der Waals surface area contributed by atoms with E-state index in [1.807, 2.05) is 24.7 Å². The van der Waals surface area contributed by atoms with Crippen LogP contribution in [0.3, 0.4) is 0 Å². The Labute approximate surface area is 189 Å². The Morgan fingerprint density at radius 1 is 0.935 bits per heavy atom. The van der Waals surface area contributed by atoms with E-state index >= 15 is 0 Å². The molecule has 3 aromatic rings. The van der Waals surface area contributed by atoms with Crippen molar-refractivity contribution in [3.63, 3.8) is 0 Å². The summed E-state index contributed by atoms with van der Waals surface area (Å²) in [6.45, 7) is 6.36. The third kappa shape index (κ3) is 4.15. The van der Waals surface area contributed by atoms with E-state index < -0.39 is 0 Å². The minimum absolute atomic E-state index is 0.809. The van der Waals surface area contributed by atoms with Gasteiger partial charge in [0, 0.05) is 54.4 Å². The number of aryl methyl sites for hydroxylation is 2. The number of aromatic nitrogens is 2. The molecule has 3 nitrogen and oxygen atoms in total. The molecule has 0 N–H and O–H groups in total. The molecular formula is C27H26ClN3. The summed E-state index contributed by atoms with van der Waals surface area (Å²) in [5, 5.41) is 0.809. The maximum Gasteiger partial charge on any atom is 0.0739 e. The molecule has 3 heterocycles. The molecule has 1 aromatic carbocycles. The Hall–Kier alpha value is -2.91. The standard InChI is InChI=1S/C27H26ClN3/c1-19(17-20-8-13-29-14-9-20)31-15-10-21(11-16-31)26-25-7-6-24(28)18-23(25)5-4-22-3-2-12-30-27(22)26/h2-3,6-9,12-14,18H,1,4-5,10-11,15-17H2. The van der Waals surface area contributed by atoms with Crippen LogP contribution in [0, 0.1) is 0 Å². The van der Waals surface area contributed by atoms with Crippen molar-refractivity contribution in [3.05, 3.63) is 112 Å². The zero-order chi connectivity index (χ0) is 21.2. The van der Waals surface area contributed by atoms with Crippen molar-refractivity contribution in [2.75, 3.05) is 13.1 Å². The monoisotopic (exact) mass is 427 g/mol. The van der Waals surface area contributed by atoms with Gasteiger partial charge in [0.15, 0.2) is 0 Å². The van der Waals surface area contributed by atoms with Gasteiger partial charge in [0.2, 0.25) is 0 Å². The van der Waals surface area contributed by atoms with Crippen molar-refractivity contribution in [2.24, 2.45) is 0 Å². The second kappa shape index (κ2) is 8.68. The molecule has 5 rings (SSSR count). The van der Waals surface area contributed by atoms with Gasteiger partial charge in [0.1, 0.15) is 0 Å². The Balaban J connectivity index is 1.45. The molecule has 0 saturated carbocycles. The Morgan fingerprint density at radius 3 is 2.52 bits per heavy atom. The molecular weight excluding hydrogens is 402 g/mol. The number of fused-ring (bicyclic) bond motifs is 2. The van der Waals surface area contributed by atoms with E-state index in [9.17, 15) is 0 Å². The van der Waals surface area contributed by atoms with Crippen LogP contribution in [0.25, 0.3) is 5.57 Å². The number of allylic oxidation sites excluding steroid dienone is 1. The minimum Gasteiger partial charge on any atom is -0.374 e. The molecule has 0 spiro atoms. The third-order valence-corrected chi connectivity index (χ3v) is 6.69. The predicted octanol–water partition coefficient (Wildman–Crippen LogP) is 5.88. The molecule has 0 bridgehead atoms. The summed E-state index contributed by atoms with van der Waals surface area (Å²) in [5.41, 5.74) is 10.4. The van der Waals surface area contributed by atoms with Gasteiger partial charge < -0.3 is 4.90 Å². The molecule has 1 aliphatic heterocycles. The molecule has 0 atom stereocenters. The SMILES string of the molecule is C=C(Cc1ccncc1)N1CCC(=C2c3ccc(Cl)cc3CCc3cccnc32)CC1. The fourth-order valence-corrected chi connectivity index (χ4v) is 5.02. The van der Waals surface area contributed by atoms with E-state index in [-0.39, 0.29) is 0 Å². The number of nitrogens with zero attached hydrogens (tertiary/aromatic N) is 3. The first-order valence-corrected chi connectivity index (χ1v) is 11.3. The van der Waals surface area contributed by atoms with Gasteiger partial charge in [-0.3, -0.25) is 9.97 Å². The first-order valence-electron chi connectivity index (χ1n) is 11.0. The second-order valence-corrected chi connectivity index (χ2v) is 8.81. The number of hydrogen-bond donors (Lipinski definition) is 0. The average molecular weight is 428 g/mol. The van der Waals surface area contributed by atoms with Crippen LogP contribution in [0.1, 0.15) is 40.8 Å². The number of piperidine rings is 1. The summed E-state index contributed by atoms with van der Waals surface area (Å²) in [5.74, 6) is 0. The molecule has 1 fully saturated rings. The Bertz CT molecular complexity index is 1140. The van der Waals surface area contributed by atoms with Crippen LogP contribution in [-0.2, 0) is 19.3 Å². The Morgan fingerprint density at radius 2 is 1.71 bits per heavy atom. The van der Waals surface area contributed by atoms with Crippen LogP contribution >= 0.6 is 11.6 Å². The lowest BCUT2D eigenvalue weighted by molar-refractivity contribution is 0.317. The van der Waals surface area contributed by atoms with Gasteiger partial charge >= 0.3 is 0 Å². The maximum atomic E-state index is 6.34. The van der Waals surface area contributed by atoms with Gasteiger partial charge in [-0.2, -0.15) is 0 Å². The van der Waals surface area contributed by atoms with Crippen molar-refractivity contribution in [3.8, 4) is 0 Å². The Kier molecular flexibility index (Phi) is 5.61. The highest BCUT2D eigenvalue weighted by molar-refractivity contribution is 6.30. The van der Waals surface area contributed by atoms with Crippen molar-refractivity contribution in [2.45, 2.75) is 32.1 Å². The lowest BCUT2D eigenvalue weighted by Gasteiger charge is -2.33. The van der Waals surface area contributed by atoms with E-state index in [1.54, 1.807) is 0 Å². The van der Waals surface area contributed by atoms with Crippen molar-refractivity contribution in [1.82, 2.24) is 14.9 Å². The number of likely N-dealkylation sites (tertiary alicyclic amines) is 1. The summed E-state index contributed by atoms with van der Waals surface area (Å²) in [6, 6.07) is 14.8. The maximum absolute atomic E-state index is 6.34. The molecule has 4 heteroatoms. The number of pyridine rings is 2. The van der Waals surface area contributed by atoms with Crippen LogP contribution in [0.2, 0.25) is 5.02 Å². The molecule has 156 valence electrons. The number of halogens is 1. The number of benzene rings is 1. The zero-order valence-corrected chi connectivity index (χ0v) is 18.4. The quantitative estimate of drug-likeness (QED) is 0.522. The average Bonchev–Trinajstić information content (AvgIpc) is 2.96. The van der Waals surface area contributed by atoms with Gasteiger partial charge in [0.05, 0.1) is 5.69 Å². The molecule has 1 saturated heterocycles. The molecule has 2 aromatic heterocycles. The van der Waals surface area contributed by atoms with E-state index in [2.05, 4.69) is 52.9 Å². The van der Waals surface area contributed by atoms with Crippen molar-refractivity contribution >= 4 is 17.2 Å². The topological polar surface area (TPSA) is 29.0 Å². The first kappa shape index (κ1) is 20.0. The summed E-state index contributed by atoms with van der Waals surface area (Å²) in [6.07, 6.45) is 10.6. The van der Waals surface area contributed by atoms with Gasteiger partial charge in [0.25, 0.3) is 0 Å². The van der Waals surface area contributed by atoms with E-state index in [0.29, 0.717) is 0 Å². The summed E-state index contributed by atoms with van der Waals surface area (Å²) < 4.78 is 0. The lowest BCUT2D eigenvalue weighted by Crippen LogP contribution is -2.31. The van der Waals surface area contributed by atoms with Crippen LogP contribution < -0.4 is 0 Å². The van der Waals surface area contributed by atoms with Crippen LogP contribution in [0.5, 0.6) is 0 Å². The molecule has 0 radical (unpaired) electrons. The highest BCUT2D eigenvalue weighted by Gasteiger charge is 2.25. The molecule has 1 aliphatic carbocycles. The van der Waals surface area contributed by atoms with Crippen molar-refractivity contribution in [1.29, 1.82) is 0 Å². The highest BCUT2D eigenvalue weighted by Crippen LogP contribution is 2.38. The first-order chi connectivity index (χ1) is 15.2. The fourth-order valence-electron chi connectivity index (χ4n) is 4.82. The normalized spacial score (nSPS) is 15.8. The van der Waals surface area contributed by atoms with Crippen LogP contribution in [0.15, 0.2) is 78.9 Å². The molecule has 0 amide bonds. The number of rotatable bonds is 3.